The molecule has 0 aromatic heterocycles. The van der Waals surface area contributed by atoms with Crippen molar-refractivity contribution in [2.45, 2.75) is 0 Å². The van der Waals surface area contributed by atoms with Gasteiger partial charge in [-0.2, -0.15) is 0 Å². The van der Waals surface area contributed by atoms with Crippen LogP contribution < -0.4 is 5.32 Å². The zero-order valence-electron chi connectivity index (χ0n) is 10.9. The number of nitrogens with zero attached hydrogens (tertiary/aromatic N) is 2. The molecule has 2 aromatic carbocycles. The highest BCUT2D eigenvalue weighted by atomic mass is 35.5. The van der Waals surface area contributed by atoms with Crippen LogP contribution in [0.3, 0.4) is 0 Å². The molecule has 0 aliphatic carbocycles. The molecule has 0 aliphatic rings. The number of benzene rings is 2. The van der Waals surface area contributed by atoms with E-state index in [0.29, 0.717) is 0 Å². The molecule has 0 atom stereocenters. The molecular formula is C13H8ClN3O5. The van der Waals surface area contributed by atoms with E-state index in [9.17, 15) is 25.0 Å². The lowest BCUT2D eigenvalue weighted by Crippen LogP contribution is -2.13. The van der Waals surface area contributed by atoms with Crippen LogP contribution in [0.15, 0.2) is 42.5 Å². The standard InChI is InChI=1S/C13H8ClN3O5/c14-9-6-5-8(7-12(9)17(21)22)13(18)15-10-3-1-2-4-11(10)16(19)20/h1-7H,(H,15,18). The van der Waals surface area contributed by atoms with Gasteiger partial charge < -0.3 is 5.32 Å². The van der Waals surface area contributed by atoms with Gasteiger partial charge in [-0.15, -0.1) is 0 Å². The lowest BCUT2D eigenvalue weighted by atomic mass is 10.1. The summed E-state index contributed by atoms with van der Waals surface area (Å²) < 4.78 is 0. The Morgan fingerprint density at radius 1 is 1.00 bits per heavy atom. The Labute approximate surface area is 128 Å². The zero-order chi connectivity index (χ0) is 16.3. The lowest BCUT2D eigenvalue weighted by Gasteiger charge is -2.06. The molecule has 0 unspecified atom stereocenters. The smallest absolute Gasteiger partial charge is 0.292 e. The van der Waals surface area contributed by atoms with E-state index in [1.54, 1.807) is 0 Å². The predicted molar refractivity (Wildman–Crippen MR) is 79.2 cm³/mol. The summed E-state index contributed by atoms with van der Waals surface area (Å²) in [6, 6.07) is 9.09. The second-order valence-electron chi connectivity index (χ2n) is 4.15. The minimum Gasteiger partial charge on any atom is -0.316 e. The number of hydrogen-bond donors (Lipinski definition) is 1. The number of hydrogen-bond acceptors (Lipinski definition) is 5. The lowest BCUT2D eigenvalue weighted by molar-refractivity contribution is -0.384. The summed E-state index contributed by atoms with van der Waals surface area (Å²) in [5.41, 5.74) is -0.736. The maximum atomic E-state index is 12.1. The van der Waals surface area contributed by atoms with Crippen molar-refractivity contribution in [1.82, 2.24) is 0 Å². The van der Waals surface area contributed by atoms with Gasteiger partial charge in [0.15, 0.2) is 0 Å². The van der Waals surface area contributed by atoms with Crippen LogP contribution in [0.25, 0.3) is 0 Å². The monoisotopic (exact) mass is 321 g/mol. The first kappa shape index (κ1) is 15.4. The van der Waals surface area contributed by atoms with Gasteiger partial charge in [-0.1, -0.05) is 23.7 Å². The quantitative estimate of drug-likeness (QED) is 0.684. The number of carbonyl (C=O) groups is 1. The summed E-state index contributed by atoms with van der Waals surface area (Å²) in [6.07, 6.45) is 0. The third kappa shape index (κ3) is 3.18. The topological polar surface area (TPSA) is 115 Å². The molecule has 0 saturated heterocycles. The van der Waals surface area contributed by atoms with Crippen LogP contribution in [0.1, 0.15) is 10.4 Å². The molecule has 0 spiro atoms. The van der Waals surface area contributed by atoms with Crippen molar-refractivity contribution in [3.63, 3.8) is 0 Å². The van der Waals surface area contributed by atoms with Gasteiger partial charge in [-0.05, 0) is 18.2 Å². The highest BCUT2D eigenvalue weighted by molar-refractivity contribution is 6.32. The Morgan fingerprint density at radius 3 is 2.27 bits per heavy atom. The van der Waals surface area contributed by atoms with Crippen LogP contribution in [0.2, 0.25) is 5.02 Å². The Hall–Kier alpha value is -3.00. The Balaban J connectivity index is 2.33. The highest BCUT2D eigenvalue weighted by Crippen LogP contribution is 2.27. The zero-order valence-corrected chi connectivity index (χ0v) is 11.6. The number of carbonyl (C=O) groups excluding carboxylic acids is 1. The number of nitro benzene ring substituents is 2. The third-order valence-electron chi connectivity index (χ3n) is 2.75. The van der Waals surface area contributed by atoms with Crippen LogP contribution in [0.5, 0.6) is 0 Å². The molecule has 112 valence electrons. The minimum atomic E-state index is -0.718. The van der Waals surface area contributed by atoms with Gasteiger partial charge in [0, 0.05) is 17.7 Å². The Bertz CT molecular complexity index is 778. The van der Waals surface area contributed by atoms with Gasteiger partial charge in [0.1, 0.15) is 10.7 Å². The fraction of sp³-hybridized carbons (Fsp3) is 0. The van der Waals surface area contributed by atoms with E-state index >= 15 is 0 Å². The fourth-order valence-corrected chi connectivity index (χ4v) is 1.91. The van der Waals surface area contributed by atoms with Crippen LogP contribution in [-0.4, -0.2) is 15.8 Å². The average Bonchev–Trinajstić information content (AvgIpc) is 2.47. The largest absolute Gasteiger partial charge is 0.316 e. The summed E-state index contributed by atoms with van der Waals surface area (Å²) in [5.74, 6) is -0.714. The first-order valence-corrected chi connectivity index (χ1v) is 6.26. The van der Waals surface area contributed by atoms with Crippen LogP contribution >= 0.6 is 11.6 Å². The number of para-hydroxylation sites is 2. The van der Waals surface area contributed by atoms with Crippen molar-refractivity contribution in [3.05, 3.63) is 73.3 Å². The average molecular weight is 322 g/mol. The number of rotatable bonds is 4. The van der Waals surface area contributed by atoms with E-state index in [-0.39, 0.29) is 22.0 Å². The van der Waals surface area contributed by atoms with Crippen molar-refractivity contribution in [1.29, 1.82) is 0 Å². The Kier molecular flexibility index (Phi) is 4.33. The van der Waals surface area contributed by atoms with E-state index in [1.807, 2.05) is 0 Å². The molecule has 0 saturated carbocycles. The number of nitro groups is 2. The summed E-state index contributed by atoms with van der Waals surface area (Å²) in [5, 5.41) is 23.9. The molecule has 0 fully saturated rings. The first-order chi connectivity index (χ1) is 10.4. The SMILES string of the molecule is O=C(Nc1ccccc1[N+](=O)[O-])c1ccc(Cl)c([N+](=O)[O-])c1. The molecule has 1 N–H and O–H groups in total. The van der Waals surface area contributed by atoms with Gasteiger partial charge in [0.2, 0.25) is 0 Å². The van der Waals surface area contributed by atoms with Crippen molar-refractivity contribution in [3.8, 4) is 0 Å². The van der Waals surface area contributed by atoms with Gasteiger partial charge in [-0.3, -0.25) is 25.0 Å². The molecule has 0 bridgehead atoms. The first-order valence-electron chi connectivity index (χ1n) is 5.89. The number of amides is 1. The molecule has 8 nitrogen and oxygen atoms in total. The van der Waals surface area contributed by atoms with Gasteiger partial charge in [0.05, 0.1) is 9.85 Å². The summed E-state index contributed by atoms with van der Waals surface area (Å²) >= 11 is 5.66. The second-order valence-corrected chi connectivity index (χ2v) is 4.56. The van der Waals surface area contributed by atoms with Crippen molar-refractivity contribution < 1.29 is 14.6 Å². The molecule has 9 heteroatoms. The van der Waals surface area contributed by atoms with Crippen molar-refractivity contribution >= 4 is 34.6 Å². The van der Waals surface area contributed by atoms with Crippen molar-refractivity contribution in [2.24, 2.45) is 0 Å². The predicted octanol–water partition coefficient (Wildman–Crippen LogP) is 3.41. The van der Waals surface area contributed by atoms with Crippen LogP contribution in [0, 0.1) is 20.2 Å². The molecule has 1 amide bonds. The number of nitrogens with one attached hydrogen (secondary N) is 1. The number of halogens is 1. The minimum absolute atomic E-state index is 0.00453. The molecular weight excluding hydrogens is 314 g/mol. The third-order valence-corrected chi connectivity index (χ3v) is 3.07. The molecule has 2 rings (SSSR count). The number of anilines is 1. The summed E-state index contributed by atoms with van der Waals surface area (Å²) in [7, 11) is 0. The second kappa shape index (κ2) is 6.19. The van der Waals surface area contributed by atoms with Gasteiger partial charge in [-0.25, -0.2) is 0 Å². The molecule has 2 aromatic rings. The van der Waals surface area contributed by atoms with E-state index in [1.165, 1.54) is 36.4 Å². The van der Waals surface area contributed by atoms with E-state index < -0.39 is 21.4 Å². The molecule has 0 radical (unpaired) electrons. The van der Waals surface area contributed by atoms with Crippen LogP contribution in [0.4, 0.5) is 17.1 Å². The van der Waals surface area contributed by atoms with E-state index in [0.717, 1.165) is 6.07 Å². The van der Waals surface area contributed by atoms with E-state index in [4.69, 9.17) is 11.6 Å². The van der Waals surface area contributed by atoms with Crippen LogP contribution in [-0.2, 0) is 0 Å². The highest BCUT2D eigenvalue weighted by Gasteiger charge is 2.19. The molecule has 0 aliphatic heterocycles. The molecule has 0 heterocycles. The molecule has 22 heavy (non-hydrogen) atoms. The van der Waals surface area contributed by atoms with E-state index in [2.05, 4.69) is 5.32 Å². The summed E-state index contributed by atoms with van der Waals surface area (Å²) in [6.45, 7) is 0. The maximum absolute atomic E-state index is 12.1. The van der Waals surface area contributed by atoms with Gasteiger partial charge >= 0.3 is 0 Å². The fourth-order valence-electron chi connectivity index (χ4n) is 1.73. The maximum Gasteiger partial charge on any atom is 0.292 e. The Morgan fingerprint density at radius 2 is 1.64 bits per heavy atom. The normalized spacial score (nSPS) is 10.0. The van der Waals surface area contributed by atoms with Gasteiger partial charge in [0.25, 0.3) is 17.3 Å². The van der Waals surface area contributed by atoms with Crippen molar-refractivity contribution in [2.75, 3.05) is 5.32 Å². The summed E-state index contributed by atoms with van der Waals surface area (Å²) in [4.78, 5) is 32.4.